The van der Waals surface area contributed by atoms with Gasteiger partial charge in [0, 0.05) is 12.8 Å². The van der Waals surface area contributed by atoms with Crippen LogP contribution in [-0.4, -0.2) is 32.8 Å². The number of carbonyl (C=O) groups excluding carboxylic acids is 1. The van der Waals surface area contributed by atoms with E-state index in [1.54, 1.807) is 0 Å². The van der Waals surface area contributed by atoms with Crippen LogP contribution in [0.25, 0.3) is 0 Å². The number of methoxy groups -OCH3 is 1. The Bertz CT molecular complexity index is 385. The Labute approximate surface area is 98.7 Å². The van der Waals surface area contributed by atoms with Crippen molar-refractivity contribution in [3.05, 3.63) is 24.0 Å². The fraction of sp³-hybridized carbons (Fsp3) is 0.364. The molecule has 0 unspecified atom stereocenters. The van der Waals surface area contributed by atoms with E-state index in [-0.39, 0.29) is 12.3 Å². The van der Waals surface area contributed by atoms with Crippen LogP contribution in [0.2, 0.25) is 0 Å². The van der Waals surface area contributed by atoms with Gasteiger partial charge in [-0.05, 0) is 18.2 Å². The maximum Gasteiger partial charge on any atom is 0.250 e. The minimum atomic E-state index is -0.538. The largest absolute Gasteiger partial charge is 0.399 e. The second-order valence-corrected chi connectivity index (χ2v) is 3.33. The van der Waals surface area contributed by atoms with Gasteiger partial charge in [-0.1, -0.05) is 0 Å². The lowest BCUT2D eigenvalue weighted by atomic mass is 10.2. The van der Waals surface area contributed by atoms with E-state index in [9.17, 15) is 9.18 Å². The second-order valence-electron chi connectivity index (χ2n) is 3.33. The van der Waals surface area contributed by atoms with E-state index in [2.05, 4.69) is 5.32 Å². The Morgan fingerprint density at radius 1 is 1.47 bits per heavy atom. The van der Waals surface area contributed by atoms with E-state index in [0.29, 0.717) is 18.9 Å². The molecule has 0 saturated heterocycles. The maximum absolute atomic E-state index is 13.2. The average molecular weight is 242 g/mol. The Morgan fingerprint density at radius 3 is 2.94 bits per heavy atom. The first-order chi connectivity index (χ1) is 8.13. The highest BCUT2D eigenvalue weighted by Crippen LogP contribution is 2.17. The summed E-state index contributed by atoms with van der Waals surface area (Å²) in [4.78, 5) is 11.4. The molecular formula is C11H15FN2O3. The maximum atomic E-state index is 13.2. The van der Waals surface area contributed by atoms with Crippen LogP contribution in [-0.2, 0) is 14.3 Å². The van der Waals surface area contributed by atoms with E-state index < -0.39 is 11.7 Å². The van der Waals surface area contributed by atoms with Gasteiger partial charge >= 0.3 is 0 Å². The van der Waals surface area contributed by atoms with Crippen LogP contribution in [0.15, 0.2) is 18.2 Å². The van der Waals surface area contributed by atoms with Gasteiger partial charge in [0.1, 0.15) is 12.4 Å². The lowest BCUT2D eigenvalue weighted by molar-refractivity contribution is -0.121. The van der Waals surface area contributed by atoms with Gasteiger partial charge in [-0.2, -0.15) is 0 Å². The van der Waals surface area contributed by atoms with Crippen LogP contribution in [0, 0.1) is 5.82 Å². The van der Waals surface area contributed by atoms with Crippen molar-refractivity contribution in [3.63, 3.8) is 0 Å². The van der Waals surface area contributed by atoms with Crippen molar-refractivity contribution in [1.29, 1.82) is 0 Å². The number of amides is 1. The predicted octanol–water partition coefficient (Wildman–Crippen LogP) is 1.01. The molecule has 0 radical (unpaired) electrons. The topological polar surface area (TPSA) is 73.6 Å². The number of carbonyl (C=O) groups is 1. The SMILES string of the molecule is COCCOCC(=O)Nc1cc(N)ccc1F. The third kappa shape index (κ3) is 4.80. The van der Waals surface area contributed by atoms with E-state index in [4.69, 9.17) is 15.2 Å². The number of benzene rings is 1. The number of anilines is 2. The minimum Gasteiger partial charge on any atom is -0.399 e. The highest BCUT2D eigenvalue weighted by molar-refractivity contribution is 5.92. The van der Waals surface area contributed by atoms with E-state index in [1.165, 1.54) is 25.3 Å². The molecule has 1 aromatic carbocycles. The lowest BCUT2D eigenvalue weighted by Crippen LogP contribution is -2.20. The zero-order valence-electron chi connectivity index (χ0n) is 9.53. The molecule has 0 saturated carbocycles. The van der Waals surface area contributed by atoms with E-state index >= 15 is 0 Å². The lowest BCUT2D eigenvalue weighted by Gasteiger charge is -2.07. The summed E-state index contributed by atoms with van der Waals surface area (Å²) < 4.78 is 23.0. The molecule has 6 heteroatoms. The zero-order valence-corrected chi connectivity index (χ0v) is 9.53. The summed E-state index contributed by atoms with van der Waals surface area (Å²) in [6.07, 6.45) is 0. The van der Waals surface area contributed by atoms with Crippen molar-refractivity contribution in [2.45, 2.75) is 0 Å². The van der Waals surface area contributed by atoms with Crippen molar-refractivity contribution < 1.29 is 18.7 Å². The van der Waals surface area contributed by atoms with E-state index in [0.717, 1.165) is 0 Å². The minimum absolute atomic E-state index is 0.0466. The Balaban J connectivity index is 2.42. The van der Waals surface area contributed by atoms with Crippen LogP contribution in [0.5, 0.6) is 0 Å². The summed E-state index contributed by atoms with van der Waals surface area (Å²) in [6, 6.07) is 3.96. The van der Waals surface area contributed by atoms with E-state index in [1.807, 2.05) is 0 Å². The predicted molar refractivity (Wildman–Crippen MR) is 62.1 cm³/mol. The number of halogens is 1. The molecule has 1 rings (SSSR count). The number of hydrogen-bond acceptors (Lipinski definition) is 4. The summed E-state index contributed by atoms with van der Waals surface area (Å²) in [6.45, 7) is 0.556. The molecule has 17 heavy (non-hydrogen) atoms. The van der Waals surface area contributed by atoms with Gasteiger partial charge in [-0.25, -0.2) is 4.39 Å². The number of hydrogen-bond donors (Lipinski definition) is 2. The highest BCUT2D eigenvalue weighted by Gasteiger charge is 2.07. The van der Waals surface area contributed by atoms with Crippen molar-refractivity contribution in [3.8, 4) is 0 Å². The number of ether oxygens (including phenoxy) is 2. The molecule has 0 heterocycles. The first-order valence-corrected chi connectivity index (χ1v) is 5.05. The van der Waals surface area contributed by atoms with Crippen LogP contribution < -0.4 is 11.1 Å². The number of nitrogens with two attached hydrogens (primary N) is 1. The molecule has 5 nitrogen and oxygen atoms in total. The molecule has 1 aromatic rings. The second kappa shape index (κ2) is 6.82. The van der Waals surface area contributed by atoms with Crippen molar-refractivity contribution >= 4 is 17.3 Å². The van der Waals surface area contributed by atoms with Crippen LogP contribution in [0.1, 0.15) is 0 Å². The molecule has 1 amide bonds. The quantitative estimate of drug-likeness (QED) is 0.576. The van der Waals surface area contributed by atoms with Crippen LogP contribution >= 0.6 is 0 Å². The summed E-state index contributed by atoms with van der Waals surface area (Å²) in [5.74, 6) is -0.977. The molecule has 94 valence electrons. The van der Waals surface area contributed by atoms with Gasteiger partial charge in [0.05, 0.1) is 18.9 Å². The summed E-state index contributed by atoms with van der Waals surface area (Å²) >= 11 is 0. The fourth-order valence-corrected chi connectivity index (χ4v) is 1.13. The molecule has 0 spiro atoms. The van der Waals surface area contributed by atoms with Gasteiger partial charge in [-0.15, -0.1) is 0 Å². The normalized spacial score (nSPS) is 10.2. The van der Waals surface area contributed by atoms with Crippen molar-refractivity contribution in [1.82, 2.24) is 0 Å². The third-order valence-electron chi connectivity index (χ3n) is 1.93. The van der Waals surface area contributed by atoms with Gasteiger partial charge in [-0.3, -0.25) is 4.79 Å². The fourth-order valence-electron chi connectivity index (χ4n) is 1.13. The third-order valence-corrected chi connectivity index (χ3v) is 1.93. The molecule has 0 bridgehead atoms. The van der Waals surface area contributed by atoms with Gasteiger partial charge in [0.2, 0.25) is 5.91 Å². The Kier molecular flexibility index (Phi) is 5.38. The molecule has 0 aliphatic rings. The molecule has 3 N–H and O–H groups in total. The zero-order chi connectivity index (χ0) is 12.7. The molecular weight excluding hydrogens is 227 g/mol. The molecule has 0 atom stereocenters. The number of nitrogen functional groups attached to an aromatic ring is 1. The molecule has 0 aromatic heterocycles. The molecule has 0 aliphatic heterocycles. The van der Waals surface area contributed by atoms with Crippen LogP contribution in [0.4, 0.5) is 15.8 Å². The summed E-state index contributed by atoms with van der Waals surface area (Å²) in [7, 11) is 1.53. The summed E-state index contributed by atoms with van der Waals surface area (Å²) in [5, 5.41) is 2.37. The van der Waals surface area contributed by atoms with Gasteiger partial charge < -0.3 is 20.5 Å². The van der Waals surface area contributed by atoms with Crippen molar-refractivity contribution in [2.75, 3.05) is 38.0 Å². The van der Waals surface area contributed by atoms with Gasteiger partial charge in [0.25, 0.3) is 0 Å². The Hall–Kier alpha value is -1.66. The summed E-state index contributed by atoms with van der Waals surface area (Å²) in [5.41, 5.74) is 5.90. The average Bonchev–Trinajstić information content (AvgIpc) is 2.29. The Morgan fingerprint density at radius 2 is 2.24 bits per heavy atom. The first kappa shape index (κ1) is 13.4. The highest BCUT2D eigenvalue weighted by atomic mass is 19.1. The molecule has 0 fully saturated rings. The van der Waals surface area contributed by atoms with Gasteiger partial charge in [0.15, 0.2) is 0 Å². The van der Waals surface area contributed by atoms with Crippen molar-refractivity contribution in [2.24, 2.45) is 0 Å². The number of rotatable bonds is 6. The first-order valence-electron chi connectivity index (χ1n) is 5.05. The molecule has 0 aliphatic carbocycles. The monoisotopic (exact) mass is 242 g/mol. The number of nitrogens with one attached hydrogen (secondary N) is 1. The standard InChI is InChI=1S/C11H15FN2O3/c1-16-4-5-17-7-11(15)14-10-6-8(13)2-3-9(10)12/h2-3,6H,4-5,7,13H2,1H3,(H,14,15). The smallest absolute Gasteiger partial charge is 0.250 e. The van der Waals surface area contributed by atoms with Crippen LogP contribution in [0.3, 0.4) is 0 Å².